The third kappa shape index (κ3) is 4.69. The molecule has 4 nitrogen and oxygen atoms in total. The number of halogens is 1. The highest BCUT2D eigenvalue weighted by molar-refractivity contribution is 6.31. The van der Waals surface area contributed by atoms with Crippen LogP contribution in [-0.2, 0) is 0 Å². The molecule has 1 amide bonds. The van der Waals surface area contributed by atoms with Gasteiger partial charge in [0.1, 0.15) is 0 Å². The van der Waals surface area contributed by atoms with Crippen LogP contribution in [0.5, 0.6) is 0 Å². The molecule has 0 aliphatic heterocycles. The van der Waals surface area contributed by atoms with Crippen molar-refractivity contribution >= 4 is 23.2 Å². The lowest BCUT2D eigenvalue weighted by molar-refractivity contribution is 0.0760. The number of nitrogens with one attached hydrogen (secondary N) is 1. The second-order valence-corrected chi connectivity index (χ2v) is 5.42. The van der Waals surface area contributed by atoms with Crippen LogP contribution in [0, 0.1) is 0 Å². The van der Waals surface area contributed by atoms with Gasteiger partial charge in [0.15, 0.2) is 0 Å². The Morgan fingerprint density at radius 1 is 1.30 bits per heavy atom. The fraction of sp³-hybridized carbons (Fsp3) is 0.533. The minimum absolute atomic E-state index is 0.0260. The molecule has 20 heavy (non-hydrogen) atoms. The van der Waals surface area contributed by atoms with E-state index in [0.29, 0.717) is 17.1 Å². The van der Waals surface area contributed by atoms with E-state index in [1.807, 2.05) is 39.0 Å². The summed E-state index contributed by atoms with van der Waals surface area (Å²) in [6.07, 6.45) is 0.960. The Kier molecular flexibility index (Phi) is 6.82. The van der Waals surface area contributed by atoms with E-state index in [0.717, 1.165) is 25.2 Å². The highest BCUT2D eigenvalue weighted by Gasteiger charge is 2.17. The number of rotatable bonds is 7. The number of amides is 1. The van der Waals surface area contributed by atoms with Crippen LogP contribution < -0.4 is 5.32 Å². The normalized spacial score (nSPS) is 10.7. The molecule has 1 rings (SSSR count). The van der Waals surface area contributed by atoms with E-state index in [9.17, 15) is 4.79 Å². The third-order valence-corrected chi connectivity index (χ3v) is 3.42. The van der Waals surface area contributed by atoms with Crippen molar-refractivity contribution in [2.45, 2.75) is 13.3 Å². The van der Waals surface area contributed by atoms with Crippen LogP contribution in [0.4, 0.5) is 5.69 Å². The van der Waals surface area contributed by atoms with Crippen molar-refractivity contribution in [1.29, 1.82) is 0 Å². The predicted octanol–water partition coefficient (Wildman–Crippen LogP) is 2.80. The Labute approximate surface area is 126 Å². The Hall–Kier alpha value is -1.26. The molecule has 0 heterocycles. The Bertz CT molecular complexity index is 449. The lowest BCUT2D eigenvalue weighted by Crippen LogP contribution is -2.33. The second-order valence-electron chi connectivity index (χ2n) is 4.98. The van der Waals surface area contributed by atoms with Crippen molar-refractivity contribution < 1.29 is 4.79 Å². The molecule has 1 aromatic carbocycles. The maximum Gasteiger partial charge on any atom is 0.255 e. The first-order chi connectivity index (χ1) is 9.49. The number of benzene rings is 1. The zero-order valence-corrected chi connectivity index (χ0v) is 13.5. The zero-order valence-electron chi connectivity index (χ0n) is 12.7. The molecule has 0 unspecified atom stereocenters. The maximum atomic E-state index is 12.6. The molecule has 0 atom stereocenters. The van der Waals surface area contributed by atoms with Gasteiger partial charge >= 0.3 is 0 Å². The van der Waals surface area contributed by atoms with Crippen molar-refractivity contribution in [3.8, 4) is 0 Å². The average molecular weight is 298 g/mol. The van der Waals surface area contributed by atoms with Crippen LogP contribution in [0.2, 0.25) is 5.02 Å². The first-order valence-electron chi connectivity index (χ1n) is 6.90. The van der Waals surface area contributed by atoms with Gasteiger partial charge < -0.3 is 15.1 Å². The standard InChI is InChI=1S/C15H24ClN3O/c1-5-19(10-6-9-18(3)4)15(20)13-11-12(16)7-8-14(13)17-2/h7-8,11,17H,5-6,9-10H2,1-4H3. The summed E-state index contributed by atoms with van der Waals surface area (Å²) in [5.74, 6) is 0.0260. The van der Waals surface area contributed by atoms with Gasteiger partial charge in [0, 0.05) is 30.8 Å². The number of hydrogen-bond acceptors (Lipinski definition) is 3. The molecule has 0 bridgehead atoms. The van der Waals surface area contributed by atoms with E-state index >= 15 is 0 Å². The Balaban J connectivity index is 2.82. The summed E-state index contributed by atoms with van der Waals surface area (Å²) in [5, 5.41) is 3.62. The lowest BCUT2D eigenvalue weighted by Gasteiger charge is -2.23. The minimum atomic E-state index is 0.0260. The van der Waals surface area contributed by atoms with Gasteiger partial charge in [-0.2, -0.15) is 0 Å². The summed E-state index contributed by atoms with van der Waals surface area (Å²) in [4.78, 5) is 16.6. The zero-order chi connectivity index (χ0) is 15.1. The van der Waals surface area contributed by atoms with Crippen LogP contribution in [0.25, 0.3) is 0 Å². The minimum Gasteiger partial charge on any atom is -0.387 e. The van der Waals surface area contributed by atoms with Gasteiger partial charge in [-0.15, -0.1) is 0 Å². The molecule has 0 aromatic heterocycles. The van der Waals surface area contributed by atoms with E-state index in [2.05, 4.69) is 10.2 Å². The van der Waals surface area contributed by atoms with E-state index in [4.69, 9.17) is 11.6 Å². The summed E-state index contributed by atoms with van der Waals surface area (Å²) in [6.45, 7) is 4.42. The van der Waals surface area contributed by atoms with Crippen molar-refractivity contribution in [1.82, 2.24) is 9.80 Å². The van der Waals surface area contributed by atoms with Crippen molar-refractivity contribution in [2.24, 2.45) is 0 Å². The highest BCUT2D eigenvalue weighted by Crippen LogP contribution is 2.22. The van der Waals surface area contributed by atoms with Gasteiger partial charge in [0.05, 0.1) is 5.56 Å². The molecular weight excluding hydrogens is 274 g/mol. The van der Waals surface area contributed by atoms with Crippen molar-refractivity contribution in [3.05, 3.63) is 28.8 Å². The van der Waals surface area contributed by atoms with Crippen LogP contribution in [-0.4, -0.2) is 56.5 Å². The number of anilines is 1. The quantitative estimate of drug-likeness (QED) is 0.840. The molecule has 0 spiro atoms. The van der Waals surface area contributed by atoms with E-state index in [1.165, 1.54) is 0 Å². The van der Waals surface area contributed by atoms with E-state index in [-0.39, 0.29) is 5.91 Å². The first kappa shape index (κ1) is 16.8. The molecule has 1 aromatic rings. The molecule has 112 valence electrons. The lowest BCUT2D eigenvalue weighted by atomic mass is 10.1. The summed E-state index contributed by atoms with van der Waals surface area (Å²) >= 11 is 6.01. The van der Waals surface area contributed by atoms with Gasteiger partial charge in [-0.3, -0.25) is 4.79 Å². The molecule has 0 fully saturated rings. The van der Waals surface area contributed by atoms with Gasteiger partial charge in [0.25, 0.3) is 5.91 Å². The van der Waals surface area contributed by atoms with Gasteiger partial charge in [-0.25, -0.2) is 0 Å². The largest absolute Gasteiger partial charge is 0.387 e. The molecule has 0 radical (unpaired) electrons. The fourth-order valence-electron chi connectivity index (χ4n) is 2.06. The van der Waals surface area contributed by atoms with Crippen molar-refractivity contribution in [3.63, 3.8) is 0 Å². The van der Waals surface area contributed by atoms with Crippen LogP contribution in [0.15, 0.2) is 18.2 Å². The molecule has 5 heteroatoms. The topological polar surface area (TPSA) is 35.6 Å². The fourth-order valence-corrected chi connectivity index (χ4v) is 2.23. The predicted molar refractivity (Wildman–Crippen MR) is 85.7 cm³/mol. The first-order valence-corrected chi connectivity index (χ1v) is 7.28. The molecule has 0 aliphatic rings. The van der Waals surface area contributed by atoms with Gasteiger partial charge in [-0.05, 0) is 52.2 Å². The highest BCUT2D eigenvalue weighted by atomic mass is 35.5. The third-order valence-electron chi connectivity index (χ3n) is 3.18. The summed E-state index contributed by atoms with van der Waals surface area (Å²) in [5.41, 5.74) is 1.44. The van der Waals surface area contributed by atoms with Crippen LogP contribution in [0.1, 0.15) is 23.7 Å². The summed E-state index contributed by atoms with van der Waals surface area (Å²) < 4.78 is 0. The molecule has 1 N–H and O–H groups in total. The van der Waals surface area contributed by atoms with Crippen molar-refractivity contribution in [2.75, 3.05) is 46.1 Å². The van der Waals surface area contributed by atoms with Gasteiger partial charge in [-0.1, -0.05) is 11.6 Å². The monoisotopic (exact) mass is 297 g/mol. The number of hydrogen-bond donors (Lipinski definition) is 1. The molecule has 0 saturated heterocycles. The molecule has 0 saturated carbocycles. The van der Waals surface area contributed by atoms with E-state index in [1.54, 1.807) is 12.1 Å². The summed E-state index contributed by atoms with van der Waals surface area (Å²) in [6, 6.07) is 5.35. The SMILES string of the molecule is CCN(CCCN(C)C)C(=O)c1cc(Cl)ccc1NC. The Morgan fingerprint density at radius 2 is 2.00 bits per heavy atom. The van der Waals surface area contributed by atoms with E-state index < -0.39 is 0 Å². The van der Waals surface area contributed by atoms with Crippen LogP contribution >= 0.6 is 11.6 Å². The Morgan fingerprint density at radius 3 is 2.55 bits per heavy atom. The smallest absolute Gasteiger partial charge is 0.255 e. The molecular formula is C15H24ClN3O. The number of carbonyl (C=O) groups is 1. The molecule has 0 aliphatic carbocycles. The van der Waals surface area contributed by atoms with Crippen LogP contribution in [0.3, 0.4) is 0 Å². The number of carbonyl (C=O) groups excluding carboxylic acids is 1. The summed E-state index contributed by atoms with van der Waals surface area (Å²) in [7, 11) is 5.88. The second kappa shape index (κ2) is 8.12. The number of nitrogens with zero attached hydrogens (tertiary/aromatic N) is 2. The van der Waals surface area contributed by atoms with Gasteiger partial charge in [0.2, 0.25) is 0 Å². The average Bonchev–Trinajstić information content (AvgIpc) is 2.42. The maximum absolute atomic E-state index is 12.6.